The number of urea groups is 1. The molecule has 0 aliphatic heterocycles. The summed E-state index contributed by atoms with van der Waals surface area (Å²) in [5.74, 6) is -2.48. The highest BCUT2D eigenvalue weighted by atomic mass is 127. The molecule has 20 nitrogen and oxygen atoms in total. The number of aromatic hydroxyl groups is 1. The second-order valence-corrected chi connectivity index (χ2v) is 22.2. The van der Waals surface area contributed by atoms with Gasteiger partial charge in [-0.3, -0.25) is 24.0 Å². The number of hydrogen-bond donors (Lipinski definition) is 11. The van der Waals surface area contributed by atoms with Crippen LogP contribution in [0.3, 0.4) is 0 Å². The summed E-state index contributed by atoms with van der Waals surface area (Å²) in [4.78, 5) is 95.8. The largest absolute Gasteiger partial charge is 0.508 e. The molecule has 0 fully saturated rings. The van der Waals surface area contributed by atoms with E-state index in [4.69, 9.17) is 10.5 Å². The minimum Gasteiger partial charge on any atom is -0.508 e. The molecule has 12 N–H and O–H groups in total. The summed E-state index contributed by atoms with van der Waals surface area (Å²) >= 11 is 2.26. The van der Waals surface area contributed by atoms with Gasteiger partial charge in [0.15, 0.2) is 5.96 Å². The van der Waals surface area contributed by atoms with Gasteiger partial charge in [-0.25, -0.2) is 9.59 Å². The first kappa shape index (κ1) is 65.6. The zero-order valence-electron chi connectivity index (χ0n) is 48.9. The van der Waals surface area contributed by atoms with E-state index in [9.17, 15) is 38.7 Å². The summed E-state index contributed by atoms with van der Waals surface area (Å²) in [7, 11) is 0. The number of nitrogens with one attached hydrogen (secondary N) is 9. The lowest BCUT2D eigenvalue weighted by molar-refractivity contribution is -0.129. The molecule has 87 heavy (non-hydrogen) atoms. The standard InChI is InChI=1S/C66H78IN11O9/c1-2-58(80)70-40-41-73-65(85)78-64(68)72-36-11-22-57(62(83)75-42-45-26-34-50(79)35-27-45)77-63(84)60(46-15-4-3-5-16-46)47-28-32-49(33-29-47)69-38-13-39-71-61(82)56(76-59(81)23-10-14-44-24-30-48(67)31-25-44)21-12-37-74-66(86)87-43-55-53-19-8-6-17-51(53)52-18-7-9-20-54(52)55/h3-9,15-20,24-35,55-57,60,69,79H,2,10-14,21-23,36-43H2,1H3,(H,70,80)(H,71,82)(H,74,86)(H,75,83)(H,76,81)(H,77,84)(H4,68,72,73,78,85)/t56-,57-,60?/m1/s1. The van der Waals surface area contributed by atoms with E-state index in [0.717, 1.165) is 49.1 Å². The second-order valence-electron chi connectivity index (χ2n) is 21.0. The Labute approximate surface area is 521 Å². The lowest BCUT2D eigenvalue weighted by Gasteiger charge is -2.23. The van der Waals surface area contributed by atoms with E-state index in [-0.39, 0.29) is 93.9 Å². The van der Waals surface area contributed by atoms with Crippen molar-refractivity contribution in [2.75, 3.05) is 51.2 Å². The van der Waals surface area contributed by atoms with Gasteiger partial charge in [0.2, 0.25) is 29.5 Å². The number of nitrogens with two attached hydrogens (primary N) is 1. The molecule has 0 radical (unpaired) electrons. The number of ether oxygens (including phenoxy) is 1. The Morgan fingerprint density at radius 2 is 1.15 bits per heavy atom. The highest BCUT2D eigenvalue weighted by Gasteiger charge is 2.30. The van der Waals surface area contributed by atoms with Gasteiger partial charge >= 0.3 is 12.1 Å². The van der Waals surface area contributed by atoms with Crippen LogP contribution in [0, 0.1) is 3.57 Å². The van der Waals surface area contributed by atoms with Crippen molar-refractivity contribution in [2.45, 2.75) is 95.2 Å². The third-order valence-electron chi connectivity index (χ3n) is 14.6. The molecule has 0 saturated carbocycles. The number of halogens is 1. The average Bonchev–Trinajstić information content (AvgIpc) is 3.22. The lowest BCUT2D eigenvalue weighted by atomic mass is 9.90. The van der Waals surface area contributed by atoms with Crippen LogP contribution in [0.15, 0.2) is 157 Å². The van der Waals surface area contributed by atoms with E-state index >= 15 is 0 Å². The monoisotopic (exact) mass is 1300 g/mol. The molecule has 0 saturated heterocycles. The fraction of sp³-hybridized carbons (Fsp3) is 0.333. The van der Waals surface area contributed by atoms with Crippen molar-refractivity contribution in [3.63, 3.8) is 0 Å². The molecule has 1 aliphatic carbocycles. The number of aryl methyl sites for hydroxylation is 1. The van der Waals surface area contributed by atoms with Gasteiger partial charge < -0.3 is 63.4 Å². The van der Waals surface area contributed by atoms with Crippen molar-refractivity contribution in [3.05, 3.63) is 189 Å². The highest BCUT2D eigenvalue weighted by Crippen LogP contribution is 2.44. The highest BCUT2D eigenvalue weighted by molar-refractivity contribution is 14.1. The third kappa shape index (κ3) is 21.5. The van der Waals surface area contributed by atoms with E-state index in [1.807, 2.05) is 103 Å². The van der Waals surface area contributed by atoms with Crippen LogP contribution in [-0.4, -0.2) is 111 Å². The Morgan fingerprint density at radius 1 is 0.563 bits per heavy atom. The van der Waals surface area contributed by atoms with Crippen LogP contribution >= 0.6 is 22.6 Å². The van der Waals surface area contributed by atoms with E-state index in [1.54, 1.807) is 19.1 Å². The summed E-state index contributed by atoms with van der Waals surface area (Å²) in [6.45, 7) is 3.72. The number of hydrogen-bond acceptors (Lipinski definition) is 10. The van der Waals surface area contributed by atoms with Gasteiger partial charge in [-0.15, -0.1) is 0 Å². The van der Waals surface area contributed by atoms with E-state index < -0.39 is 41.9 Å². The number of aliphatic imine (C=N–C) groups is 1. The molecule has 0 spiro atoms. The molecule has 7 rings (SSSR count). The molecule has 0 heterocycles. The number of carbonyl (C=O) groups excluding carboxylic acids is 7. The zero-order valence-corrected chi connectivity index (χ0v) is 51.0. The number of benzene rings is 6. The van der Waals surface area contributed by atoms with Crippen molar-refractivity contribution < 1.29 is 43.4 Å². The fourth-order valence-corrected chi connectivity index (χ4v) is 10.4. The molecule has 6 aromatic rings. The van der Waals surface area contributed by atoms with Gasteiger partial charge in [0.1, 0.15) is 24.4 Å². The van der Waals surface area contributed by atoms with Gasteiger partial charge in [-0.1, -0.05) is 122 Å². The molecule has 0 aromatic heterocycles. The molecule has 6 aromatic carbocycles. The fourth-order valence-electron chi connectivity index (χ4n) is 10.0. The zero-order chi connectivity index (χ0) is 61.8. The molecule has 0 bridgehead atoms. The number of carbonyl (C=O) groups is 7. The number of phenols is 1. The van der Waals surface area contributed by atoms with Crippen molar-refractivity contribution in [1.82, 2.24) is 42.5 Å². The first-order chi connectivity index (χ1) is 42.2. The van der Waals surface area contributed by atoms with Crippen LogP contribution in [0.25, 0.3) is 11.1 Å². The average molecular weight is 1300 g/mol. The van der Waals surface area contributed by atoms with Crippen molar-refractivity contribution in [1.29, 1.82) is 0 Å². The summed E-state index contributed by atoms with van der Waals surface area (Å²) in [6.07, 6.45) is 3.13. The summed E-state index contributed by atoms with van der Waals surface area (Å²) in [6, 6.07) is 45.0. The quantitative estimate of drug-likeness (QED) is 0.00843. The topological polar surface area (TPSA) is 296 Å². The van der Waals surface area contributed by atoms with E-state index in [0.29, 0.717) is 56.3 Å². The molecule has 8 amide bonds. The lowest BCUT2D eigenvalue weighted by Crippen LogP contribution is -2.48. The maximum absolute atomic E-state index is 14.5. The first-order valence-corrected chi connectivity index (χ1v) is 30.6. The number of anilines is 1. The van der Waals surface area contributed by atoms with Crippen LogP contribution in [0.2, 0.25) is 0 Å². The first-order valence-electron chi connectivity index (χ1n) is 29.5. The number of rotatable bonds is 32. The van der Waals surface area contributed by atoms with Gasteiger partial charge in [-0.2, -0.15) is 4.99 Å². The maximum atomic E-state index is 14.5. The Bertz CT molecular complexity index is 3210. The van der Waals surface area contributed by atoms with E-state index in [1.165, 1.54) is 12.1 Å². The number of alkyl carbamates (subject to hydrolysis) is 1. The summed E-state index contributed by atoms with van der Waals surface area (Å²) in [5.41, 5.74) is 14.5. The molecular formula is C66H78IN11O9. The predicted molar refractivity (Wildman–Crippen MR) is 345 cm³/mol. The van der Waals surface area contributed by atoms with Crippen LogP contribution < -0.4 is 53.6 Å². The Hall–Kier alpha value is -8.99. The minimum absolute atomic E-state index is 0.0778. The van der Waals surface area contributed by atoms with Crippen LogP contribution in [0.1, 0.15) is 104 Å². The van der Waals surface area contributed by atoms with Gasteiger partial charge in [0, 0.05) is 73.8 Å². The van der Waals surface area contributed by atoms with Crippen LogP contribution in [-0.2, 0) is 41.7 Å². The molecule has 3 atom stereocenters. The minimum atomic E-state index is -0.983. The Morgan fingerprint density at radius 3 is 1.83 bits per heavy atom. The number of guanidine groups is 1. The Balaban J connectivity index is 0.904. The second kappa shape index (κ2) is 34.8. The molecule has 1 aliphatic rings. The number of nitrogens with zero attached hydrogens (tertiary/aromatic N) is 1. The van der Waals surface area contributed by atoms with Crippen molar-refractivity contribution >= 4 is 75.9 Å². The van der Waals surface area contributed by atoms with Crippen LogP contribution in [0.5, 0.6) is 5.75 Å². The molecule has 21 heteroatoms. The molecular weight excluding hydrogens is 1220 g/mol. The SMILES string of the molecule is CCC(=O)NCCNC(=O)/N=C(/N)NCCC[C@@H](NC(=O)C(c1ccccc1)c1ccc(NCCCNC(=O)[C@@H](CCCNC(=O)OCC2c3ccccc3-c3ccccc32)NC(=O)CCCc2ccc(I)cc2)cc1)C(=O)NCc1ccc(O)cc1. The molecule has 1 unspecified atom stereocenters. The third-order valence-corrected chi connectivity index (χ3v) is 15.3. The van der Waals surface area contributed by atoms with Gasteiger partial charge in [0.25, 0.3) is 0 Å². The number of amides is 8. The van der Waals surface area contributed by atoms with Crippen LogP contribution in [0.4, 0.5) is 15.3 Å². The predicted octanol–water partition coefficient (Wildman–Crippen LogP) is 7.60. The number of fused-ring (bicyclic) bond motifs is 3. The smallest absolute Gasteiger partial charge is 0.407 e. The van der Waals surface area contributed by atoms with E-state index in [2.05, 4.69) is 99.7 Å². The van der Waals surface area contributed by atoms with Crippen molar-refractivity contribution in [2.24, 2.45) is 10.7 Å². The van der Waals surface area contributed by atoms with Gasteiger partial charge in [0.05, 0.1) is 5.92 Å². The normalized spacial score (nSPS) is 12.6. The molecule has 458 valence electrons. The summed E-state index contributed by atoms with van der Waals surface area (Å²) < 4.78 is 6.85. The maximum Gasteiger partial charge on any atom is 0.407 e. The Kier molecular flexibility index (Phi) is 26.2. The summed E-state index contributed by atoms with van der Waals surface area (Å²) in [5, 5.41) is 35.9. The van der Waals surface area contributed by atoms with Crippen molar-refractivity contribution in [3.8, 4) is 16.9 Å². The number of phenolic OH excluding ortho intramolecular Hbond substituents is 1. The van der Waals surface area contributed by atoms with Gasteiger partial charge in [-0.05, 0) is 148 Å².